The van der Waals surface area contributed by atoms with E-state index in [2.05, 4.69) is 10.3 Å². The molecule has 0 aliphatic carbocycles. The van der Waals surface area contributed by atoms with Gasteiger partial charge >= 0.3 is 6.03 Å². The molecule has 1 aromatic heterocycles. The van der Waals surface area contributed by atoms with Crippen molar-refractivity contribution in [3.05, 3.63) is 84.2 Å². The summed E-state index contributed by atoms with van der Waals surface area (Å²) < 4.78 is 5.57. The molecule has 180 valence electrons. The number of hydrogen-bond donors (Lipinski definition) is 1. The Hall–Kier alpha value is -4.20. The van der Waals surface area contributed by atoms with Crippen molar-refractivity contribution in [3.63, 3.8) is 0 Å². The highest BCUT2D eigenvalue weighted by Crippen LogP contribution is 2.29. The van der Waals surface area contributed by atoms with Crippen molar-refractivity contribution in [2.24, 2.45) is 0 Å². The highest BCUT2D eigenvalue weighted by Gasteiger charge is 2.46. The summed E-state index contributed by atoms with van der Waals surface area (Å²) in [5.74, 6) is -0.0681. The number of carbonyl (C=O) groups excluding carboxylic acids is 3. The molecule has 4 amide bonds. The zero-order valence-corrected chi connectivity index (χ0v) is 19.8. The van der Waals surface area contributed by atoms with Crippen LogP contribution in [0.25, 0.3) is 0 Å². The Morgan fingerprint density at radius 1 is 1.09 bits per heavy atom. The molecule has 8 nitrogen and oxygen atoms in total. The van der Waals surface area contributed by atoms with Crippen LogP contribution in [0.5, 0.6) is 5.75 Å². The number of nitrogens with one attached hydrogen (secondary N) is 1. The molecular weight excluding hydrogens is 444 g/mol. The van der Waals surface area contributed by atoms with Gasteiger partial charge in [0.25, 0.3) is 5.91 Å². The number of urea groups is 1. The van der Waals surface area contributed by atoms with Crippen LogP contribution >= 0.6 is 0 Å². The van der Waals surface area contributed by atoms with E-state index in [9.17, 15) is 14.4 Å². The largest absolute Gasteiger partial charge is 0.494 e. The summed E-state index contributed by atoms with van der Waals surface area (Å²) in [4.78, 5) is 46.4. The zero-order valence-electron chi connectivity index (χ0n) is 19.8. The van der Waals surface area contributed by atoms with E-state index in [1.165, 1.54) is 4.90 Å². The van der Waals surface area contributed by atoms with Gasteiger partial charge in [-0.1, -0.05) is 25.1 Å². The van der Waals surface area contributed by atoms with Crippen LogP contribution in [0.2, 0.25) is 0 Å². The summed E-state index contributed by atoms with van der Waals surface area (Å²) in [6, 6.07) is 16.5. The predicted octanol–water partition coefficient (Wildman–Crippen LogP) is 4.55. The second-order valence-electron chi connectivity index (χ2n) is 8.43. The van der Waals surface area contributed by atoms with Gasteiger partial charge in [-0.2, -0.15) is 0 Å². The van der Waals surface area contributed by atoms with E-state index in [0.717, 1.165) is 28.2 Å². The van der Waals surface area contributed by atoms with Crippen molar-refractivity contribution in [2.45, 2.75) is 39.3 Å². The van der Waals surface area contributed by atoms with Gasteiger partial charge in [-0.25, -0.2) is 9.69 Å². The number of anilines is 2. The fourth-order valence-electron chi connectivity index (χ4n) is 3.95. The molecule has 4 rings (SSSR count). The van der Waals surface area contributed by atoms with Gasteiger partial charge in [0.05, 0.1) is 18.7 Å². The van der Waals surface area contributed by atoms with Crippen LogP contribution in [0.15, 0.2) is 73.1 Å². The number of nitrogens with zero attached hydrogens (tertiary/aromatic N) is 3. The molecule has 0 saturated carbocycles. The highest BCUT2D eigenvalue weighted by molar-refractivity contribution is 6.22. The van der Waals surface area contributed by atoms with E-state index in [0.29, 0.717) is 18.0 Å². The first-order valence-corrected chi connectivity index (χ1v) is 11.6. The van der Waals surface area contributed by atoms with Crippen molar-refractivity contribution in [1.29, 1.82) is 0 Å². The van der Waals surface area contributed by atoms with Gasteiger partial charge in [0.2, 0.25) is 5.91 Å². The lowest BCUT2D eigenvalue weighted by atomic mass is 10.1. The second-order valence-corrected chi connectivity index (χ2v) is 8.43. The number of benzene rings is 2. The summed E-state index contributed by atoms with van der Waals surface area (Å²) in [6.07, 6.45) is 4.03. The van der Waals surface area contributed by atoms with Crippen molar-refractivity contribution in [2.75, 3.05) is 16.8 Å². The predicted molar refractivity (Wildman–Crippen MR) is 133 cm³/mol. The van der Waals surface area contributed by atoms with Crippen LogP contribution < -0.4 is 15.0 Å². The Kier molecular flexibility index (Phi) is 7.40. The maximum absolute atomic E-state index is 13.4. The van der Waals surface area contributed by atoms with Crippen LogP contribution in [0.3, 0.4) is 0 Å². The first kappa shape index (κ1) is 23.9. The Labute approximate surface area is 204 Å². The lowest BCUT2D eigenvalue weighted by Gasteiger charge is -2.21. The summed E-state index contributed by atoms with van der Waals surface area (Å²) >= 11 is 0. The standard InChI is InChI=1S/C27H28N4O4/c1-3-14-35-23-11-9-21(10-12-23)29-25(32)16-24-26(33)31(22-8-4-6-19(2)15-22)27(34)30(24)18-20-7-5-13-28-17-20/h4-13,15,17,24H,3,14,16,18H2,1-2H3,(H,29,32). The third kappa shape index (κ3) is 5.66. The third-order valence-corrected chi connectivity index (χ3v) is 5.64. The maximum Gasteiger partial charge on any atom is 0.332 e. The Balaban J connectivity index is 1.53. The molecule has 1 N–H and O–H groups in total. The minimum atomic E-state index is -0.935. The SMILES string of the molecule is CCCOc1ccc(NC(=O)CC2C(=O)N(c3cccc(C)c3)C(=O)N2Cc2cccnc2)cc1. The number of rotatable bonds is 9. The number of ether oxygens (including phenoxy) is 1. The molecule has 1 fully saturated rings. The first-order valence-electron chi connectivity index (χ1n) is 11.6. The first-order chi connectivity index (χ1) is 17.0. The molecule has 1 aliphatic rings. The molecule has 1 atom stereocenters. The van der Waals surface area contributed by atoms with Gasteiger partial charge in [0.15, 0.2) is 0 Å². The zero-order chi connectivity index (χ0) is 24.8. The van der Waals surface area contributed by atoms with E-state index in [4.69, 9.17) is 4.74 Å². The van der Waals surface area contributed by atoms with E-state index in [1.807, 2.05) is 26.0 Å². The fourth-order valence-corrected chi connectivity index (χ4v) is 3.95. The van der Waals surface area contributed by atoms with E-state index in [1.54, 1.807) is 60.9 Å². The fraction of sp³-hybridized carbons (Fsp3) is 0.259. The van der Waals surface area contributed by atoms with E-state index < -0.39 is 18.0 Å². The van der Waals surface area contributed by atoms with Crippen LogP contribution in [0.4, 0.5) is 16.2 Å². The van der Waals surface area contributed by atoms with Crippen LogP contribution in [-0.2, 0) is 16.1 Å². The minimum absolute atomic E-state index is 0.165. The van der Waals surface area contributed by atoms with Gasteiger partial charge < -0.3 is 15.0 Å². The van der Waals surface area contributed by atoms with Crippen LogP contribution in [-0.4, -0.2) is 40.4 Å². The number of pyridine rings is 1. The summed E-state index contributed by atoms with van der Waals surface area (Å²) in [5.41, 5.74) is 2.77. The molecule has 35 heavy (non-hydrogen) atoms. The number of hydrogen-bond acceptors (Lipinski definition) is 5. The minimum Gasteiger partial charge on any atom is -0.494 e. The monoisotopic (exact) mass is 472 g/mol. The topological polar surface area (TPSA) is 91.8 Å². The van der Waals surface area contributed by atoms with Gasteiger partial charge in [-0.05, 0) is 66.9 Å². The lowest BCUT2D eigenvalue weighted by Crippen LogP contribution is -2.37. The Morgan fingerprint density at radius 3 is 2.57 bits per heavy atom. The lowest BCUT2D eigenvalue weighted by molar-refractivity contribution is -0.124. The quantitative estimate of drug-likeness (QED) is 0.462. The summed E-state index contributed by atoms with van der Waals surface area (Å²) in [6.45, 7) is 4.71. The average molecular weight is 473 g/mol. The number of aromatic nitrogens is 1. The van der Waals surface area contributed by atoms with E-state index >= 15 is 0 Å². The normalized spacial score (nSPS) is 15.4. The summed E-state index contributed by atoms with van der Waals surface area (Å²) in [7, 11) is 0. The van der Waals surface area contributed by atoms with E-state index in [-0.39, 0.29) is 18.9 Å². The number of aryl methyl sites for hydroxylation is 1. The maximum atomic E-state index is 13.4. The molecule has 1 saturated heterocycles. The molecule has 0 bridgehead atoms. The molecule has 0 spiro atoms. The average Bonchev–Trinajstić information content (AvgIpc) is 3.08. The van der Waals surface area contributed by atoms with Crippen molar-refractivity contribution < 1.29 is 19.1 Å². The number of carbonyl (C=O) groups is 3. The van der Waals surface area contributed by atoms with Gasteiger partial charge in [-0.15, -0.1) is 0 Å². The van der Waals surface area contributed by atoms with Gasteiger partial charge in [0, 0.05) is 24.6 Å². The molecule has 1 unspecified atom stereocenters. The molecule has 8 heteroatoms. The third-order valence-electron chi connectivity index (χ3n) is 5.64. The summed E-state index contributed by atoms with van der Waals surface area (Å²) in [5, 5.41) is 2.82. The van der Waals surface area contributed by atoms with Crippen LogP contribution in [0.1, 0.15) is 30.9 Å². The van der Waals surface area contributed by atoms with Gasteiger partial charge in [0.1, 0.15) is 11.8 Å². The van der Waals surface area contributed by atoms with Crippen molar-refractivity contribution >= 4 is 29.2 Å². The molecule has 1 aliphatic heterocycles. The van der Waals surface area contributed by atoms with Crippen molar-refractivity contribution in [3.8, 4) is 5.75 Å². The van der Waals surface area contributed by atoms with Crippen molar-refractivity contribution in [1.82, 2.24) is 9.88 Å². The number of imide groups is 1. The number of amides is 4. The van der Waals surface area contributed by atoms with Gasteiger partial charge in [-0.3, -0.25) is 14.6 Å². The highest BCUT2D eigenvalue weighted by atomic mass is 16.5. The molecular formula is C27H28N4O4. The van der Waals surface area contributed by atoms with Crippen LogP contribution in [0, 0.1) is 6.92 Å². The molecule has 3 aromatic rings. The molecule has 0 radical (unpaired) electrons. The second kappa shape index (κ2) is 10.8. The Bertz CT molecular complexity index is 1200. The molecule has 2 heterocycles. The Morgan fingerprint density at radius 2 is 1.89 bits per heavy atom. The molecule has 2 aromatic carbocycles. The smallest absolute Gasteiger partial charge is 0.332 e.